The van der Waals surface area contributed by atoms with E-state index >= 15 is 0 Å². The van der Waals surface area contributed by atoms with Gasteiger partial charge in [0.15, 0.2) is 0 Å². The molecule has 2 unspecified atom stereocenters. The molecule has 1 N–H and O–H groups in total. The van der Waals surface area contributed by atoms with Crippen LogP contribution in [0, 0.1) is 5.92 Å². The Hall–Kier alpha value is -1.06. The van der Waals surface area contributed by atoms with Gasteiger partial charge in [0.25, 0.3) is 0 Å². The third-order valence-corrected chi connectivity index (χ3v) is 2.60. The van der Waals surface area contributed by atoms with E-state index < -0.39 is 0 Å². The van der Waals surface area contributed by atoms with Gasteiger partial charge in [-0.1, -0.05) is 19.1 Å². The molecule has 0 radical (unpaired) electrons. The molecule has 1 fully saturated rings. The summed E-state index contributed by atoms with van der Waals surface area (Å²) < 4.78 is 10.9. The topological polar surface area (TPSA) is 30.5 Å². The number of nitrogens with one attached hydrogen (secondary N) is 1. The van der Waals surface area contributed by atoms with Crippen molar-refractivity contribution in [2.24, 2.45) is 5.92 Å². The van der Waals surface area contributed by atoms with Gasteiger partial charge in [0.05, 0.1) is 13.7 Å². The number of methoxy groups -OCH3 is 1. The van der Waals surface area contributed by atoms with Crippen LogP contribution in [0.15, 0.2) is 24.3 Å². The molecule has 1 heterocycles. The van der Waals surface area contributed by atoms with E-state index in [1.165, 1.54) is 0 Å². The van der Waals surface area contributed by atoms with Crippen LogP contribution in [0.3, 0.4) is 0 Å². The van der Waals surface area contributed by atoms with Crippen LogP contribution in [0.5, 0.6) is 5.75 Å². The van der Waals surface area contributed by atoms with Crippen molar-refractivity contribution in [2.45, 2.75) is 13.2 Å². The highest BCUT2D eigenvalue weighted by Gasteiger charge is 2.19. The van der Waals surface area contributed by atoms with Crippen molar-refractivity contribution in [3.63, 3.8) is 0 Å². The molecule has 3 nitrogen and oxygen atoms in total. The van der Waals surface area contributed by atoms with E-state index in [9.17, 15) is 0 Å². The van der Waals surface area contributed by atoms with Crippen LogP contribution in [-0.2, 0) is 4.74 Å². The maximum atomic E-state index is 5.71. The van der Waals surface area contributed by atoms with Gasteiger partial charge in [-0.2, -0.15) is 0 Å². The summed E-state index contributed by atoms with van der Waals surface area (Å²) in [5, 5.41) is 3.36. The van der Waals surface area contributed by atoms with E-state index in [4.69, 9.17) is 9.47 Å². The molecule has 0 bridgehead atoms. The predicted octanol–water partition coefficient (Wildman–Crippen LogP) is 1.95. The molecule has 0 aromatic heterocycles. The molecule has 1 aliphatic rings. The van der Waals surface area contributed by atoms with Gasteiger partial charge in [-0.15, -0.1) is 0 Å². The second-order valence-electron chi connectivity index (χ2n) is 4.00. The summed E-state index contributed by atoms with van der Waals surface area (Å²) in [7, 11) is 1.68. The Bertz CT molecular complexity index is 319. The number of benzene rings is 1. The number of ether oxygens (including phenoxy) is 2. The summed E-state index contributed by atoms with van der Waals surface area (Å²) in [4.78, 5) is 0. The lowest BCUT2D eigenvalue weighted by molar-refractivity contribution is -0.0255. The molecule has 0 saturated carbocycles. The third-order valence-electron chi connectivity index (χ3n) is 2.60. The lowest BCUT2D eigenvalue weighted by atomic mass is 10.1. The second-order valence-corrected chi connectivity index (χ2v) is 4.00. The molecular formula is C12H17NO2. The summed E-state index contributed by atoms with van der Waals surface area (Å²) in [6, 6.07) is 7.98. The van der Waals surface area contributed by atoms with Crippen LogP contribution in [0.1, 0.15) is 18.7 Å². The molecule has 1 saturated heterocycles. The third kappa shape index (κ3) is 2.49. The second kappa shape index (κ2) is 4.64. The summed E-state index contributed by atoms with van der Waals surface area (Å²) in [5.74, 6) is 1.46. The largest absolute Gasteiger partial charge is 0.497 e. The van der Waals surface area contributed by atoms with Crippen molar-refractivity contribution in [2.75, 3.05) is 20.3 Å². The van der Waals surface area contributed by atoms with E-state index in [1.807, 2.05) is 18.2 Å². The van der Waals surface area contributed by atoms with E-state index in [0.717, 1.165) is 24.5 Å². The highest BCUT2D eigenvalue weighted by atomic mass is 16.5. The molecule has 15 heavy (non-hydrogen) atoms. The van der Waals surface area contributed by atoms with Crippen LogP contribution < -0.4 is 10.1 Å². The first-order valence-electron chi connectivity index (χ1n) is 5.28. The Kier molecular flexibility index (Phi) is 3.23. The minimum atomic E-state index is 0.0105. The normalized spacial score (nSPS) is 26.3. The fourth-order valence-electron chi connectivity index (χ4n) is 1.71. The van der Waals surface area contributed by atoms with Crippen LogP contribution in [-0.4, -0.2) is 20.3 Å². The predicted molar refractivity (Wildman–Crippen MR) is 58.9 cm³/mol. The van der Waals surface area contributed by atoms with Gasteiger partial charge in [-0.25, -0.2) is 0 Å². The van der Waals surface area contributed by atoms with Crippen LogP contribution in [0.25, 0.3) is 0 Å². The first-order chi connectivity index (χ1) is 7.29. The first-order valence-corrected chi connectivity index (χ1v) is 5.28. The lowest BCUT2D eigenvalue weighted by Crippen LogP contribution is -2.36. The summed E-state index contributed by atoms with van der Waals surface area (Å²) in [6.07, 6.45) is 0.0105. The monoisotopic (exact) mass is 207 g/mol. The van der Waals surface area contributed by atoms with Crippen molar-refractivity contribution < 1.29 is 9.47 Å². The van der Waals surface area contributed by atoms with E-state index in [2.05, 4.69) is 18.3 Å². The summed E-state index contributed by atoms with van der Waals surface area (Å²) >= 11 is 0. The summed E-state index contributed by atoms with van der Waals surface area (Å²) in [5.41, 5.74) is 1.13. The Labute approximate surface area is 90.4 Å². The van der Waals surface area contributed by atoms with Gasteiger partial charge >= 0.3 is 0 Å². The fourth-order valence-corrected chi connectivity index (χ4v) is 1.71. The molecular weight excluding hydrogens is 190 g/mol. The molecule has 0 aliphatic carbocycles. The van der Waals surface area contributed by atoms with Gasteiger partial charge in [-0.05, 0) is 23.6 Å². The van der Waals surface area contributed by atoms with E-state index in [-0.39, 0.29) is 6.23 Å². The minimum Gasteiger partial charge on any atom is -0.497 e. The molecule has 82 valence electrons. The Morgan fingerprint density at radius 1 is 1.47 bits per heavy atom. The maximum absolute atomic E-state index is 5.71. The van der Waals surface area contributed by atoms with Crippen LogP contribution in [0.4, 0.5) is 0 Å². The Morgan fingerprint density at radius 2 is 2.33 bits per heavy atom. The molecule has 3 heteroatoms. The van der Waals surface area contributed by atoms with Gasteiger partial charge in [0, 0.05) is 6.54 Å². The standard InChI is InChI=1S/C12H17NO2/c1-9-7-13-12(15-8-9)10-4-3-5-11(6-10)14-2/h3-6,9,12-13H,7-8H2,1-2H3. The van der Waals surface area contributed by atoms with Gasteiger partial charge in [0.1, 0.15) is 12.0 Å². The average Bonchev–Trinajstić information content (AvgIpc) is 2.30. The summed E-state index contributed by atoms with van der Waals surface area (Å²) in [6.45, 7) is 3.99. The molecule has 1 aliphatic heterocycles. The first kappa shape index (κ1) is 10.5. The maximum Gasteiger partial charge on any atom is 0.134 e. The minimum absolute atomic E-state index is 0.0105. The lowest BCUT2D eigenvalue weighted by Gasteiger charge is -2.28. The molecule has 1 aromatic rings. The average molecular weight is 207 g/mol. The zero-order chi connectivity index (χ0) is 10.7. The number of hydrogen-bond acceptors (Lipinski definition) is 3. The van der Waals surface area contributed by atoms with Crippen LogP contribution >= 0.6 is 0 Å². The van der Waals surface area contributed by atoms with E-state index in [0.29, 0.717) is 5.92 Å². The highest BCUT2D eigenvalue weighted by molar-refractivity contribution is 5.29. The van der Waals surface area contributed by atoms with Gasteiger partial charge < -0.3 is 9.47 Å². The van der Waals surface area contributed by atoms with Crippen LogP contribution in [0.2, 0.25) is 0 Å². The van der Waals surface area contributed by atoms with Crippen molar-refractivity contribution in [1.29, 1.82) is 0 Å². The van der Waals surface area contributed by atoms with Gasteiger partial charge in [0.2, 0.25) is 0 Å². The molecule has 1 aromatic carbocycles. The molecule has 2 rings (SSSR count). The van der Waals surface area contributed by atoms with Gasteiger partial charge in [-0.3, -0.25) is 5.32 Å². The fraction of sp³-hybridized carbons (Fsp3) is 0.500. The molecule has 0 amide bonds. The number of hydrogen-bond donors (Lipinski definition) is 1. The number of rotatable bonds is 2. The zero-order valence-electron chi connectivity index (χ0n) is 9.19. The van der Waals surface area contributed by atoms with Crippen molar-refractivity contribution >= 4 is 0 Å². The van der Waals surface area contributed by atoms with Crippen molar-refractivity contribution in [3.8, 4) is 5.75 Å². The van der Waals surface area contributed by atoms with Crippen molar-refractivity contribution in [1.82, 2.24) is 5.32 Å². The SMILES string of the molecule is COc1cccc(C2NCC(C)CO2)c1. The highest BCUT2D eigenvalue weighted by Crippen LogP contribution is 2.22. The van der Waals surface area contributed by atoms with E-state index in [1.54, 1.807) is 7.11 Å². The molecule has 0 spiro atoms. The molecule has 2 atom stereocenters. The smallest absolute Gasteiger partial charge is 0.134 e. The zero-order valence-corrected chi connectivity index (χ0v) is 9.19. The van der Waals surface area contributed by atoms with Crippen molar-refractivity contribution in [3.05, 3.63) is 29.8 Å². The Balaban J connectivity index is 2.08. The Morgan fingerprint density at radius 3 is 3.00 bits per heavy atom. The quantitative estimate of drug-likeness (QED) is 0.804.